The van der Waals surface area contributed by atoms with Crippen LogP contribution in [-0.2, 0) is 14.4 Å². The van der Waals surface area contributed by atoms with Crippen LogP contribution in [0.4, 0.5) is 9.18 Å². The molecular weight excluding hydrogens is 306 g/mol. The molecule has 2 bridgehead atoms. The number of hydrogen-bond donors (Lipinski definition) is 1. The van der Waals surface area contributed by atoms with Crippen molar-refractivity contribution >= 4 is 36.8 Å². The molecule has 0 aromatic heterocycles. The van der Waals surface area contributed by atoms with Crippen LogP contribution < -0.4 is 0 Å². The number of carboxylic acid groups (broad SMARTS) is 1. The molecule has 2 aliphatic rings. The van der Waals surface area contributed by atoms with E-state index in [1.165, 1.54) is 13.1 Å². The predicted molar refractivity (Wildman–Crippen MR) is 74.4 cm³/mol. The summed E-state index contributed by atoms with van der Waals surface area (Å²) in [7, 11) is 1.26. The van der Waals surface area contributed by atoms with Crippen LogP contribution in [-0.4, -0.2) is 88.8 Å². The molecule has 0 unspecified atom stereocenters. The van der Waals surface area contributed by atoms with Crippen molar-refractivity contribution in [3.8, 4) is 6.19 Å². The molecule has 0 radical (unpaired) electrons. The fourth-order valence-electron chi connectivity index (χ4n) is 2.43. The average Bonchev–Trinajstić information content (AvgIpc) is 2.71. The summed E-state index contributed by atoms with van der Waals surface area (Å²) in [4.78, 5) is 41.2. The third-order valence-corrected chi connectivity index (χ3v) is 3.43. The predicted octanol–water partition coefficient (Wildman–Crippen LogP) is -0.976. The van der Waals surface area contributed by atoms with Gasteiger partial charge in [0, 0.05) is 7.05 Å². The second-order valence-electron chi connectivity index (χ2n) is 4.90. The third-order valence-electron chi connectivity index (χ3n) is 3.43. The van der Waals surface area contributed by atoms with E-state index in [9.17, 15) is 18.8 Å². The number of halogens is 1. The van der Waals surface area contributed by atoms with Gasteiger partial charge in [0.05, 0.1) is 12.6 Å². The second-order valence-corrected chi connectivity index (χ2v) is 4.90. The Morgan fingerprint density at radius 1 is 1.61 bits per heavy atom. The molecule has 0 saturated carbocycles. The van der Waals surface area contributed by atoms with Crippen molar-refractivity contribution in [3.63, 3.8) is 0 Å². The molecule has 0 spiro atoms. The zero-order valence-electron chi connectivity index (χ0n) is 11.8. The van der Waals surface area contributed by atoms with Crippen LogP contribution in [0, 0.1) is 11.5 Å². The molecule has 23 heavy (non-hydrogen) atoms. The molecule has 0 aliphatic carbocycles. The number of carbonyl (C=O) groups is 3. The molecule has 1 saturated heterocycles. The van der Waals surface area contributed by atoms with E-state index in [0.29, 0.717) is 10.6 Å². The Balaban J connectivity index is 0.00000264. The fraction of sp³-hybridized carbons (Fsp3) is 0.500. The number of hydrogen-bond acceptors (Lipinski definition) is 5. The summed E-state index contributed by atoms with van der Waals surface area (Å²) in [6.45, 7) is 1.63. The number of rotatable bonds is 4. The number of alkyl halides is 1. The molecule has 11 heteroatoms. The zero-order valence-corrected chi connectivity index (χ0v) is 11.8. The first-order chi connectivity index (χ1) is 10.3. The van der Waals surface area contributed by atoms with Gasteiger partial charge in [-0.15, -0.1) is 0 Å². The van der Waals surface area contributed by atoms with Crippen molar-refractivity contribution in [2.45, 2.75) is 25.4 Å². The molecule has 9 nitrogen and oxygen atoms in total. The van der Waals surface area contributed by atoms with Gasteiger partial charge >= 0.3 is 37.2 Å². The fourth-order valence-corrected chi connectivity index (χ4v) is 2.43. The summed E-state index contributed by atoms with van der Waals surface area (Å²) >= 11 is 0. The van der Waals surface area contributed by atoms with E-state index in [0.717, 1.165) is 9.80 Å². The number of amides is 3. The number of likely N-dealkylation sites (N-methyl/N-ethyl adjacent to an activating group) is 1. The van der Waals surface area contributed by atoms with E-state index in [1.54, 1.807) is 13.1 Å². The number of carboxylic acids is 1. The van der Waals surface area contributed by atoms with Crippen LogP contribution >= 0.6 is 0 Å². The van der Waals surface area contributed by atoms with Crippen molar-refractivity contribution in [1.29, 1.82) is 5.26 Å². The molecule has 3 atom stereocenters. The molecule has 2 aliphatic heterocycles. The van der Waals surface area contributed by atoms with E-state index < -0.39 is 36.3 Å². The molecule has 2 rings (SSSR count). The normalized spacial score (nSPS) is 23.6. The first-order valence-electron chi connectivity index (χ1n) is 6.27. The van der Waals surface area contributed by atoms with E-state index in [1.807, 2.05) is 0 Å². The molecule has 120 valence electrons. The topological polar surface area (TPSA) is 114 Å². The van der Waals surface area contributed by atoms with Crippen LogP contribution in [0.25, 0.3) is 0 Å². The van der Waals surface area contributed by atoms with Gasteiger partial charge in [0.1, 0.15) is 6.04 Å². The van der Waals surface area contributed by atoms with Gasteiger partial charge in [-0.05, 0) is 12.5 Å². The maximum absolute atomic E-state index is 13.2. The summed E-state index contributed by atoms with van der Waals surface area (Å²) in [5.74, 6) is -2.47. The Labute approximate surface area is 143 Å². The Hall–Kier alpha value is -2.07. The third kappa shape index (κ3) is 3.32. The number of carbonyl (C=O) groups excluding carboxylic acids is 2. The van der Waals surface area contributed by atoms with Gasteiger partial charge in [-0.2, -0.15) is 10.3 Å². The SMILES string of the molecule is CC1=C[C@@H]2CN(C(=O)N2O[C@@H](F)C(=O)O)[C@@H]1C(=O)N(C)C#N.[LiH]. The van der Waals surface area contributed by atoms with Gasteiger partial charge in [-0.25, -0.2) is 18.8 Å². The molecule has 0 aromatic rings. The Morgan fingerprint density at radius 3 is 2.74 bits per heavy atom. The second kappa shape index (κ2) is 7.00. The summed E-state index contributed by atoms with van der Waals surface area (Å²) in [6, 6.07) is -2.52. The first-order valence-corrected chi connectivity index (χ1v) is 6.27. The number of urea groups is 1. The van der Waals surface area contributed by atoms with E-state index in [4.69, 9.17) is 10.4 Å². The maximum atomic E-state index is 13.2. The van der Waals surface area contributed by atoms with Crippen LogP contribution in [0.2, 0.25) is 0 Å². The molecule has 2 heterocycles. The molecule has 0 aromatic carbocycles. The number of hydroxylamine groups is 2. The van der Waals surface area contributed by atoms with Crippen molar-refractivity contribution in [1.82, 2.24) is 14.9 Å². The van der Waals surface area contributed by atoms with Gasteiger partial charge in [0.25, 0.3) is 5.91 Å². The first kappa shape index (κ1) is 19.0. The van der Waals surface area contributed by atoms with Crippen molar-refractivity contribution in [2.75, 3.05) is 13.6 Å². The number of nitrogens with zero attached hydrogens (tertiary/aromatic N) is 4. The minimum absolute atomic E-state index is 0. The summed E-state index contributed by atoms with van der Waals surface area (Å²) < 4.78 is 13.2. The molecule has 3 amide bonds. The van der Waals surface area contributed by atoms with Gasteiger partial charge in [-0.3, -0.25) is 9.69 Å². The Kier molecular flexibility index (Phi) is 5.78. The minimum atomic E-state index is -2.69. The summed E-state index contributed by atoms with van der Waals surface area (Å²) in [6.07, 6.45) is 0.482. The Bertz CT molecular complexity index is 607. The van der Waals surface area contributed by atoms with Crippen LogP contribution in [0.15, 0.2) is 11.6 Å². The van der Waals surface area contributed by atoms with Crippen molar-refractivity contribution < 1.29 is 28.7 Å². The zero-order chi connectivity index (χ0) is 16.6. The molecular formula is C12H14FLiN4O5. The standard InChI is InChI=1S/C12H13FN4O5.Li.H/c1-6-3-7-4-16(8(6)10(18)15(2)5-14)12(21)17(7)22-9(13)11(19)20;;/h3,7-9H,4H2,1-2H3,(H,19,20);;/t7-,8+,9-;;/m1../s1. The Morgan fingerprint density at radius 2 is 2.22 bits per heavy atom. The van der Waals surface area contributed by atoms with Gasteiger partial charge in [0.2, 0.25) is 0 Å². The monoisotopic (exact) mass is 320 g/mol. The number of aliphatic carboxylic acids is 1. The van der Waals surface area contributed by atoms with Crippen molar-refractivity contribution in [3.05, 3.63) is 11.6 Å². The van der Waals surface area contributed by atoms with E-state index >= 15 is 0 Å². The van der Waals surface area contributed by atoms with Crippen LogP contribution in [0.5, 0.6) is 0 Å². The van der Waals surface area contributed by atoms with E-state index in [-0.39, 0.29) is 25.4 Å². The van der Waals surface area contributed by atoms with Crippen LogP contribution in [0.3, 0.4) is 0 Å². The van der Waals surface area contributed by atoms with Crippen molar-refractivity contribution in [2.24, 2.45) is 0 Å². The van der Waals surface area contributed by atoms with Gasteiger partial charge in [-0.1, -0.05) is 6.08 Å². The summed E-state index contributed by atoms with van der Waals surface area (Å²) in [5, 5.41) is 17.9. The van der Waals surface area contributed by atoms with Gasteiger partial charge in [0.15, 0.2) is 6.19 Å². The molecule has 1 fully saturated rings. The quantitative estimate of drug-likeness (QED) is 0.308. The van der Waals surface area contributed by atoms with Crippen LogP contribution in [0.1, 0.15) is 6.92 Å². The number of fused-ring (bicyclic) bond motifs is 2. The number of nitriles is 1. The molecule has 1 N–H and O–H groups in total. The van der Waals surface area contributed by atoms with Gasteiger partial charge < -0.3 is 10.0 Å². The van der Waals surface area contributed by atoms with E-state index in [2.05, 4.69) is 4.84 Å². The summed E-state index contributed by atoms with van der Waals surface area (Å²) in [5.41, 5.74) is 0.494. The average molecular weight is 320 g/mol.